The summed E-state index contributed by atoms with van der Waals surface area (Å²) in [6.07, 6.45) is 0. The number of hydrogen-bond acceptors (Lipinski definition) is 2. The van der Waals surface area contributed by atoms with Crippen LogP contribution < -0.4 is 0 Å². The topological polar surface area (TPSA) is 0 Å². The van der Waals surface area contributed by atoms with Crippen molar-refractivity contribution in [1.82, 2.24) is 0 Å². The van der Waals surface area contributed by atoms with Gasteiger partial charge in [-0.05, 0) is 24.3 Å². The minimum absolute atomic E-state index is 0.592. The van der Waals surface area contributed by atoms with Crippen molar-refractivity contribution < 1.29 is 0 Å². The van der Waals surface area contributed by atoms with Crippen molar-refractivity contribution in [2.75, 3.05) is 0 Å². The van der Waals surface area contributed by atoms with Crippen LogP contribution in [0.2, 0.25) is 10.0 Å². The van der Waals surface area contributed by atoms with Crippen LogP contribution in [0.1, 0.15) is 0 Å². The SMILES string of the molecule is Clc1ccccc1SC(Cl)(Cl)Cl.Sc1ccccc1Cl. The first-order valence-electron chi connectivity index (χ1n) is 5.23. The Morgan fingerprint density at radius 2 is 1.30 bits per heavy atom. The molecule has 0 aliphatic heterocycles. The number of rotatable bonds is 1. The van der Waals surface area contributed by atoms with E-state index in [-0.39, 0.29) is 0 Å². The van der Waals surface area contributed by atoms with Gasteiger partial charge in [0.1, 0.15) is 0 Å². The number of benzene rings is 2. The van der Waals surface area contributed by atoms with E-state index in [1.165, 1.54) is 0 Å². The number of hydrogen-bond donors (Lipinski definition) is 1. The van der Waals surface area contributed by atoms with Crippen LogP contribution in [0.5, 0.6) is 0 Å². The Morgan fingerprint density at radius 1 is 0.800 bits per heavy atom. The molecule has 0 saturated heterocycles. The zero-order chi connectivity index (χ0) is 15.2. The molecule has 0 fully saturated rings. The zero-order valence-electron chi connectivity index (χ0n) is 9.86. The van der Waals surface area contributed by atoms with Gasteiger partial charge < -0.3 is 0 Å². The second-order valence-corrected chi connectivity index (χ2v) is 8.94. The molecule has 0 aliphatic rings. The van der Waals surface area contributed by atoms with Crippen molar-refractivity contribution >= 4 is 82.4 Å². The quantitative estimate of drug-likeness (QED) is 0.293. The van der Waals surface area contributed by atoms with Crippen molar-refractivity contribution in [1.29, 1.82) is 0 Å². The lowest BCUT2D eigenvalue weighted by Gasteiger charge is -2.10. The molecule has 0 N–H and O–H groups in total. The Balaban J connectivity index is 0.000000217. The number of thiol groups is 1. The Labute approximate surface area is 153 Å². The average Bonchev–Trinajstić information content (AvgIpc) is 2.35. The number of alkyl halides is 3. The van der Waals surface area contributed by atoms with E-state index in [0.717, 1.165) is 21.6 Å². The van der Waals surface area contributed by atoms with E-state index >= 15 is 0 Å². The molecule has 0 aromatic heterocycles. The highest BCUT2D eigenvalue weighted by atomic mass is 35.6. The molecule has 0 saturated carbocycles. The molecule has 7 heteroatoms. The fourth-order valence-electron chi connectivity index (χ4n) is 1.10. The molecule has 0 bridgehead atoms. The molecule has 0 amide bonds. The first kappa shape index (κ1) is 18.6. The fraction of sp³-hybridized carbons (Fsp3) is 0.0769. The highest BCUT2D eigenvalue weighted by Gasteiger charge is 2.22. The second kappa shape index (κ2) is 8.89. The fourth-order valence-corrected chi connectivity index (χ4v) is 2.96. The van der Waals surface area contributed by atoms with E-state index in [1.54, 1.807) is 12.1 Å². The molecular formula is C13H9Cl5S2. The summed E-state index contributed by atoms with van der Waals surface area (Å²) in [5.74, 6) is 0. The summed E-state index contributed by atoms with van der Waals surface area (Å²) < 4.78 is -1.36. The molecule has 2 rings (SSSR count). The third-order valence-electron chi connectivity index (χ3n) is 1.91. The van der Waals surface area contributed by atoms with E-state index in [0.29, 0.717) is 10.0 Å². The summed E-state index contributed by atoms with van der Waals surface area (Å²) >= 11 is 33.3. The van der Waals surface area contributed by atoms with Crippen LogP contribution >= 0.6 is 82.4 Å². The summed E-state index contributed by atoms with van der Waals surface area (Å²) in [5, 5.41) is 1.30. The van der Waals surface area contributed by atoms with Crippen LogP contribution in [0.25, 0.3) is 0 Å². The van der Waals surface area contributed by atoms with Gasteiger partial charge in [-0.1, -0.05) is 94.0 Å². The van der Waals surface area contributed by atoms with Gasteiger partial charge in [0.15, 0.2) is 0 Å². The lowest BCUT2D eigenvalue weighted by atomic mass is 10.4. The summed E-state index contributed by atoms with van der Waals surface area (Å²) in [5.41, 5.74) is 0. The third-order valence-corrected chi connectivity index (χ3v) is 4.71. The molecule has 2 aromatic carbocycles. The van der Waals surface area contributed by atoms with Crippen molar-refractivity contribution in [2.24, 2.45) is 0 Å². The predicted octanol–water partition coefficient (Wildman–Crippen LogP) is 7.39. The van der Waals surface area contributed by atoms with E-state index < -0.39 is 3.12 Å². The maximum Gasteiger partial charge on any atom is 0.241 e. The van der Waals surface area contributed by atoms with Gasteiger partial charge in [-0.3, -0.25) is 0 Å². The van der Waals surface area contributed by atoms with Gasteiger partial charge in [0.25, 0.3) is 0 Å². The maximum absolute atomic E-state index is 5.83. The Bertz CT molecular complexity index is 533. The molecule has 108 valence electrons. The van der Waals surface area contributed by atoms with Gasteiger partial charge >= 0.3 is 0 Å². The standard InChI is InChI=1S/C7H4Cl4S.C6H5ClS/c8-5-3-1-2-4-6(5)12-7(9,10)11;7-5-3-1-2-4-6(5)8/h1-4H;1-4,8H. The molecule has 0 radical (unpaired) electrons. The Morgan fingerprint density at radius 3 is 1.70 bits per heavy atom. The predicted molar refractivity (Wildman–Crippen MR) is 96.3 cm³/mol. The van der Waals surface area contributed by atoms with Crippen molar-refractivity contribution in [3.05, 3.63) is 58.6 Å². The van der Waals surface area contributed by atoms with Gasteiger partial charge in [-0.2, -0.15) is 0 Å². The summed E-state index contributed by atoms with van der Waals surface area (Å²) in [4.78, 5) is 1.59. The highest BCUT2D eigenvalue weighted by Crippen LogP contribution is 2.45. The molecule has 0 nitrogen and oxygen atoms in total. The van der Waals surface area contributed by atoms with E-state index in [9.17, 15) is 0 Å². The molecule has 0 heterocycles. The number of halogens is 5. The smallest absolute Gasteiger partial charge is 0.142 e. The summed E-state index contributed by atoms with van der Waals surface area (Å²) in [7, 11) is 0. The van der Waals surface area contributed by atoms with Crippen molar-refractivity contribution in [3.63, 3.8) is 0 Å². The second-order valence-electron chi connectivity index (χ2n) is 3.43. The summed E-state index contributed by atoms with van der Waals surface area (Å²) in [6, 6.07) is 14.6. The first-order valence-corrected chi connectivity index (χ1v) is 8.38. The van der Waals surface area contributed by atoms with Crippen LogP contribution in [0.15, 0.2) is 58.3 Å². The van der Waals surface area contributed by atoms with E-state index in [1.807, 2.05) is 36.4 Å². The van der Waals surface area contributed by atoms with Crippen molar-refractivity contribution in [3.8, 4) is 0 Å². The van der Waals surface area contributed by atoms with Crippen LogP contribution in [0.3, 0.4) is 0 Å². The molecule has 2 aromatic rings. The summed E-state index contributed by atoms with van der Waals surface area (Å²) in [6.45, 7) is 0. The van der Waals surface area contributed by atoms with Crippen LogP contribution in [-0.4, -0.2) is 3.12 Å². The van der Waals surface area contributed by atoms with Gasteiger partial charge in [-0.25, -0.2) is 0 Å². The van der Waals surface area contributed by atoms with Gasteiger partial charge in [0.2, 0.25) is 3.12 Å². The van der Waals surface area contributed by atoms with Crippen LogP contribution in [0.4, 0.5) is 0 Å². The zero-order valence-corrected chi connectivity index (χ0v) is 15.4. The van der Waals surface area contributed by atoms with Gasteiger partial charge in [0, 0.05) is 9.79 Å². The van der Waals surface area contributed by atoms with E-state index in [2.05, 4.69) is 12.6 Å². The van der Waals surface area contributed by atoms with Crippen molar-refractivity contribution in [2.45, 2.75) is 12.9 Å². The Hall–Kier alpha value is 0.590. The van der Waals surface area contributed by atoms with Crippen LogP contribution in [0, 0.1) is 0 Å². The maximum atomic E-state index is 5.83. The minimum Gasteiger partial charge on any atom is -0.142 e. The molecular weight excluding hydrogens is 398 g/mol. The Kier molecular flexibility index (Phi) is 8.29. The molecule has 0 spiro atoms. The third kappa shape index (κ3) is 7.56. The number of thioether (sulfide) groups is 1. The highest BCUT2D eigenvalue weighted by molar-refractivity contribution is 8.04. The average molecular weight is 407 g/mol. The van der Waals surface area contributed by atoms with Gasteiger partial charge in [0.05, 0.1) is 10.0 Å². The minimum atomic E-state index is -1.36. The molecule has 0 unspecified atom stereocenters. The van der Waals surface area contributed by atoms with E-state index in [4.69, 9.17) is 58.0 Å². The first-order chi connectivity index (χ1) is 9.29. The van der Waals surface area contributed by atoms with Gasteiger partial charge in [-0.15, -0.1) is 12.6 Å². The molecule has 0 atom stereocenters. The largest absolute Gasteiger partial charge is 0.241 e. The molecule has 0 aliphatic carbocycles. The normalized spacial score (nSPS) is 10.7. The lowest BCUT2D eigenvalue weighted by Crippen LogP contribution is -1.92. The monoisotopic (exact) mass is 404 g/mol. The molecule has 20 heavy (non-hydrogen) atoms. The lowest BCUT2D eigenvalue weighted by molar-refractivity contribution is 1.45. The van der Waals surface area contributed by atoms with Crippen LogP contribution in [-0.2, 0) is 0 Å².